The van der Waals surface area contributed by atoms with E-state index in [2.05, 4.69) is 41.2 Å². The number of rotatable bonds is 6. The van der Waals surface area contributed by atoms with E-state index in [9.17, 15) is 0 Å². The maximum Gasteiger partial charge on any atom is 0.0934 e. The summed E-state index contributed by atoms with van der Waals surface area (Å²) in [6.07, 6.45) is 4.73. The molecule has 0 radical (unpaired) electrons. The van der Waals surface area contributed by atoms with Gasteiger partial charge < -0.3 is 10.6 Å². The predicted molar refractivity (Wildman–Crippen MR) is 145 cm³/mol. The number of hydrogen-bond acceptors (Lipinski definition) is 4. The molecule has 1 aromatic heterocycles. The normalized spacial score (nSPS) is 13.6. The first-order valence-electron chi connectivity index (χ1n) is 10.9. The number of thiophene rings is 1. The summed E-state index contributed by atoms with van der Waals surface area (Å²) in [4.78, 5) is 8.08. The molecule has 0 saturated heterocycles. The third-order valence-corrected chi connectivity index (χ3v) is 6.63. The van der Waals surface area contributed by atoms with E-state index in [1.165, 1.54) is 16.0 Å². The Morgan fingerprint density at radius 3 is 2.45 bits per heavy atom. The molecule has 3 nitrogen and oxygen atoms in total. The van der Waals surface area contributed by atoms with Crippen molar-refractivity contribution in [3.8, 4) is 0 Å². The Labute approximate surface area is 206 Å². The molecule has 1 aliphatic heterocycles. The highest BCUT2D eigenvalue weighted by atomic mass is 35.5. The number of hydrogen-bond donors (Lipinski definition) is 1. The molecule has 0 atom stereocenters. The molecule has 3 aromatic rings. The Hall–Kier alpha value is -3.08. The van der Waals surface area contributed by atoms with Crippen LogP contribution in [0.5, 0.6) is 0 Å². The lowest BCUT2D eigenvalue weighted by Gasteiger charge is -2.28. The summed E-state index contributed by atoms with van der Waals surface area (Å²) in [5.74, 6) is 0. The summed E-state index contributed by atoms with van der Waals surface area (Å²) in [5.41, 5.74) is 12.4. The van der Waals surface area contributed by atoms with Crippen LogP contribution in [0.15, 0.2) is 102 Å². The van der Waals surface area contributed by atoms with E-state index < -0.39 is 0 Å². The fourth-order valence-electron chi connectivity index (χ4n) is 3.51. The topological polar surface area (TPSA) is 41.6 Å². The van der Waals surface area contributed by atoms with Crippen LogP contribution < -0.4 is 5.73 Å². The molecule has 2 heterocycles. The molecule has 0 aliphatic carbocycles. The van der Waals surface area contributed by atoms with E-state index in [1.807, 2.05) is 61.7 Å². The standard InChI is InChI=1S/C17H18N2.C11H12ClNS/c1-14(18)17(16-10-6-3-7-11-16)13-19-12-15-8-4-2-5-9-15;1-3-8(2)13-5-4-9-6-11(12)14-10(9)7-13/h2-11,13H,12,18H2,1H3;3,6H,1-2,4-5,7H2/b17-14+,19-13?;. The second-order valence-corrected chi connectivity index (χ2v) is 9.55. The Morgan fingerprint density at radius 1 is 1.15 bits per heavy atom. The number of benzene rings is 2. The largest absolute Gasteiger partial charge is 0.402 e. The lowest BCUT2D eigenvalue weighted by atomic mass is 10.1. The van der Waals surface area contributed by atoms with Crippen LogP contribution in [0.1, 0.15) is 28.5 Å². The van der Waals surface area contributed by atoms with Crippen LogP contribution in [0.2, 0.25) is 4.34 Å². The molecule has 0 bridgehead atoms. The molecule has 2 aromatic carbocycles. The van der Waals surface area contributed by atoms with Crippen LogP contribution in [0.3, 0.4) is 0 Å². The maximum absolute atomic E-state index is 5.97. The van der Waals surface area contributed by atoms with Gasteiger partial charge in [0.25, 0.3) is 0 Å². The van der Waals surface area contributed by atoms with Crippen molar-refractivity contribution in [3.05, 3.63) is 123 Å². The van der Waals surface area contributed by atoms with E-state index in [0.717, 1.165) is 46.4 Å². The molecule has 0 amide bonds. The second-order valence-electron chi connectivity index (χ2n) is 7.78. The highest BCUT2D eigenvalue weighted by molar-refractivity contribution is 7.16. The molecular weight excluding hydrogens is 446 g/mol. The third kappa shape index (κ3) is 7.21. The van der Waals surface area contributed by atoms with Gasteiger partial charge in [-0.15, -0.1) is 11.3 Å². The average Bonchev–Trinajstić information content (AvgIpc) is 3.22. The van der Waals surface area contributed by atoms with Gasteiger partial charge in [-0.05, 0) is 42.2 Å². The number of fused-ring (bicyclic) bond motifs is 1. The van der Waals surface area contributed by atoms with Crippen LogP contribution in [0.25, 0.3) is 5.57 Å². The fourth-order valence-corrected chi connectivity index (χ4v) is 4.87. The molecule has 0 unspecified atom stereocenters. The summed E-state index contributed by atoms with van der Waals surface area (Å²) in [7, 11) is 0. The first-order chi connectivity index (χ1) is 16.0. The third-order valence-electron chi connectivity index (χ3n) is 5.34. The van der Waals surface area contributed by atoms with Crippen LogP contribution in [0.4, 0.5) is 0 Å². The van der Waals surface area contributed by atoms with Gasteiger partial charge in [0.2, 0.25) is 0 Å². The molecule has 1 aliphatic rings. The minimum absolute atomic E-state index is 0.671. The number of aliphatic imine (C=N–C) groups is 1. The highest BCUT2D eigenvalue weighted by Crippen LogP contribution is 2.32. The molecule has 0 saturated carbocycles. The quantitative estimate of drug-likeness (QED) is 0.305. The van der Waals surface area contributed by atoms with E-state index in [4.69, 9.17) is 17.3 Å². The van der Waals surface area contributed by atoms with Gasteiger partial charge in [0.15, 0.2) is 0 Å². The number of halogens is 1. The SMILES string of the molecule is C/C(N)=C(/C=NCc1ccccc1)c1ccccc1.C=CC(=C)N1CCc2cc(Cl)sc2C1. The van der Waals surface area contributed by atoms with Gasteiger partial charge in [-0.2, -0.15) is 0 Å². The summed E-state index contributed by atoms with van der Waals surface area (Å²) in [6.45, 7) is 12.2. The van der Waals surface area contributed by atoms with E-state index in [1.54, 1.807) is 17.4 Å². The lowest BCUT2D eigenvalue weighted by Crippen LogP contribution is -2.27. The summed E-state index contributed by atoms with van der Waals surface area (Å²) in [5, 5.41) is 0. The van der Waals surface area contributed by atoms with Gasteiger partial charge in [-0.3, -0.25) is 4.99 Å². The Kier molecular flexibility index (Phi) is 9.11. The average molecular weight is 476 g/mol. The van der Waals surface area contributed by atoms with Crippen molar-refractivity contribution in [2.24, 2.45) is 10.7 Å². The van der Waals surface area contributed by atoms with E-state index in [-0.39, 0.29) is 0 Å². The zero-order chi connectivity index (χ0) is 23.6. The number of allylic oxidation sites excluding steroid dienone is 3. The molecule has 33 heavy (non-hydrogen) atoms. The van der Waals surface area contributed by atoms with E-state index >= 15 is 0 Å². The van der Waals surface area contributed by atoms with E-state index in [0.29, 0.717) is 6.54 Å². The lowest BCUT2D eigenvalue weighted by molar-refractivity contribution is 0.338. The van der Waals surface area contributed by atoms with Crippen LogP contribution >= 0.6 is 22.9 Å². The molecule has 0 fully saturated rings. The van der Waals surface area contributed by atoms with Crippen LogP contribution in [-0.4, -0.2) is 17.7 Å². The molecule has 2 N–H and O–H groups in total. The fraction of sp³-hybridized carbons (Fsp3) is 0.179. The summed E-state index contributed by atoms with van der Waals surface area (Å²) in [6, 6.07) is 22.3. The predicted octanol–water partition coefficient (Wildman–Crippen LogP) is 7.11. The van der Waals surface area contributed by atoms with Crippen molar-refractivity contribution in [3.63, 3.8) is 0 Å². The molecule has 5 heteroatoms. The van der Waals surface area contributed by atoms with Crippen molar-refractivity contribution < 1.29 is 0 Å². The summed E-state index contributed by atoms with van der Waals surface area (Å²) < 4.78 is 0.890. The van der Waals surface area contributed by atoms with Gasteiger partial charge in [0, 0.05) is 34.6 Å². The van der Waals surface area contributed by atoms with Crippen molar-refractivity contribution >= 4 is 34.7 Å². The van der Waals surface area contributed by atoms with Crippen molar-refractivity contribution in [2.75, 3.05) is 6.54 Å². The van der Waals surface area contributed by atoms with Gasteiger partial charge in [-0.1, -0.05) is 85.4 Å². The molecular formula is C28H30ClN3S. The molecule has 4 rings (SSSR count). The Bertz CT molecular complexity index is 1130. The summed E-state index contributed by atoms with van der Waals surface area (Å²) >= 11 is 7.64. The van der Waals surface area contributed by atoms with Crippen molar-refractivity contribution in [1.82, 2.24) is 4.90 Å². The Balaban J connectivity index is 0.000000194. The minimum atomic E-state index is 0.671. The number of nitrogens with zero attached hydrogens (tertiary/aromatic N) is 2. The maximum atomic E-state index is 5.97. The first-order valence-corrected chi connectivity index (χ1v) is 12.1. The van der Waals surface area contributed by atoms with Crippen molar-refractivity contribution in [1.29, 1.82) is 0 Å². The Morgan fingerprint density at radius 2 is 1.82 bits per heavy atom. The minimum Gasteiger partial charge on any atom is -0.402 e. The highest BCUT2D eigenvalue weighted by Gasteiger charge is 2.18. The first kappa shape index (κ1) is 24.6. The number of nitrogens with two attached hydrogens (primary N) is 1. The zero-order valence-corrected chi connectivity index (χ0v) is 20.6. The van der Waals surface area contributed by atoms with Crippen LogP contribution in [-0.2, 0) is 19.5 Å². The van der Waals surface area contributed by atoms with Crippen molar-refractivity contribution in [2.45, 2.75) is 26.4 Å². The molecule has 170 valence electrons. The van der Waals surface area contributed by atoms with Crippen LogP contribution in [0, 0.1) is 0 Å². The van der Waals surface area contributed by atoms with Gasteiger partial charge >= 0.3 is 0 Å². The monoisotopic (exact) mass is 475 g/mol. The van der Waals surface area contributed by atoms with Gasteiger partial charge in [0.05, 0.1) is 17.4 Å². The smallest absolute Gasteiger partial charge is 0.0934 e. The second kappa shape index (κ2) is 12.2. The van der Waals surface area contributed by atoms with Gasteiger partial charge in [0.1, 0.15) is 0 Å². The molecule has 0 spiro atoms. The zero-order valence-electron chi connectivity index (χ0n) is 19.0. The van der Waals surface area contributed by atoms with Gasteiger partial charge in [-0.25, -0.2) is 0 Å².